The number of carbonyl (C=O) groups is 2. The van der Waals surface area contributed by atoms with Gasteiger partial charge in [0.2, 0.25) is 0 Å². The van der Waals surface area contributed by atoms with Gasteiger partial charge in [-0.1, -0.05) is 18.2 Å². The monoisotopic (exact) mass is 719 g/mol. The zero-order valence-corrected chi connectivity index (χ0v) is 30.8. The fraction of sp³-hybridized carbons (Fsp3) is 0.390. The highest BCUT2D eigenvalue weighted by molar-refractivity contribution is 5.98. The van der Waals surface area contributed by atoms with Crippen LogP contribution in [0.2, 0.25) is 0 Å². The normalized spacial score (nSPS) is 16.1. The van der Waals surface area contributed by atoms with Crippen LogP contribution in [0.1, 0.15) is 68.2 Å². The second kappa shape index (κ2) is 14.5. The van der Waals surface area contributed by atoms with E-state index in [2.05, 4.69) is 9.97 Å². The summed E-state index contributed by atoms with van der Waals surface area (Å²) >= 11 is 0. The van der Waals surface area contributed by atoms with Gasteiger partial charge in [-0.15, -0.1) is 0 Å². The number of hydrogen-bond donors (Lipinski definition) is 0. The van der Waals surface area contributed by atoms with Gasteiger partial charge in [-0.3, -0.25) is 24.2 Å². The molecule has 1 unspecified atom stereocenters. The highest BCUT2D eigenvalue weighted by Gasteiger charge is 2.52. The van der Waals surface area contributed by atoms with Crippen LogP contribution in [0.4, 0.5) is 4.79 Å². The largest absolute Gasteiger partial charge is 0.493 e. The molecule has 2 fully saturated rings. The first-order valence-corrected chi connectivity index (χ1v) is 18.0. The van der Waals surface area contributed by atoms with E-state index in [0.717, 1.165) is 24.6 Å². The smallest absolute Gasteiger partial charge is 0.410 e. The summed E-state index contributed by atoms with van der Waals surface area (Å²) in [5, 5.41) is 0.791. The van der Waals surface area contributed by atoms with Crippen LogP contribution in [0.5, 0.6) is 17.2 Å². The Bertz CT molecular complexity index is 2180. The molecule has 1 amide bonds. The molecule has 53 heavy (non-hydrogen) atoms. The lowest BCUT2D eigenvalue weighted by molar-refractivity contribution is 0.0129. The topological polar surface area (TPSA) is 127 Å². The first kappa shape index (κ1) is 35.9. The van der Waals surface area contributed by atoms with Gasteiger partial charge < -0.3 is 23.8 Å². The molecule has 1 aliphatic carbocycles. The number of aromatic nitrogens is 4. The summed E-state index contributed by atoms with van der Waals surface area (Å²) in [6.45, 7) is 8.84. The third-order valence-electron chi connectivity index (χ3n) is 9.75. The lowest BCUT2D eigenvalue weighted by atomic mass is 10.1. The van der Waals surface area contributed by atoms with Crippen molar-refractivity contribution in [1.29, 1.82) is 0 Å². The number of benzene rings is 2. The fourth-order valence-corrected chi connectivity index (χ4v) is 6.80. The zero-order valence-electron chi connectivity index (χ0n) is 30.8. The number of carbonyl (C=O) groups excluding carboxylic acids is 2. The van der Waals surface area contributed by atoms with Crippen LogP contribution in [0, 0.1) is 6.92 Å². The van der Waals surface area contributed by atoms with Crippen molar-refractivity contribution in [2.45, 2.75) is 77.0 Å². The SMILES string of the molecule is Cc1c(C(=O)Cc2ccc(Oc3ccnc4cc(OCCCN(C(=O)OC(C)(C)C)C5COC6(CC6)C5)ccc34)cn2)c(=O)n(-c2ccccc2)n1C. The molecule has 3 aromatic heterocycles. The van der Waals surface area contributed by atoms with Crippen LogP contribution in [0.3, 0.4) is 0 Å². The number of ketones is 1. The number of Topliss-reactive ketones (excluding diaryl/α,β-unsaturated/α-hetero) is 1. The van der Waals surface area contributed by atoms with E-state index in [1.165, 1.54) is 4.68 Å². The van der Waals surface area contributed by atoms with Crippen LogP contribution < -0.4 is 15.0 Å². The van der Waals surface area contributed by atoms with E-state index < -0.39 is 5.60 Å². The third-order valence-corrected chi connectivity index (χ3v) is 9.75. The lowest BCUT2D eigenvalue weighted by Gasteiger charge is -2.31. The maximum Gasteiger partial charge on any atom is 0.410 e. The summed E-state index contributed by atoms with van der Waals surface area (Å²) in [5.74, 6) is 1.44. The number of fused-ring (bicyclic) bond motifs is 1. The molecule has 12 heteroatoms. The molecule has 0 radical (unpaired) electrons. The molecule has 7 rings (SSSR count). The maximum atomic E-state index is 13.3. The predicted octanol–water partition coefficient (Wildman–Crippen LogP) is 6.97. The molecule has 1 spiro atoms. The molecule has 2 aliphatic rings. The molecule has 1 saturated heterocycles. The van der Waals surface area contributed by atoms with E-state index in [0.29, 0.717) is 66.0 Å². The second-order valence-electron chi connectivity index (χ2n) is 14.8. The van der Waals surface area contributed by atoms with Crippen LogP contribution in [0.25, 0.3) is 16.6 Å². The summed E-state index contributed by atoms with van der Waals surface area (Å²) in [6, 6.07) is 20.1. The standard InChI is InChI=1S/C41H45N5O7/c1-27-37(38(48)46(44(27)5)29-10-7-6-8-11-29)35(47)22-28-12-13-32(25-43-28)52-36-16-19-42-34-23-31(14-15-33(34)36)50-21-9-20-45(39(49)53-40(2,3)4)30-24-41(17-18-41)51-26-30/h6-8,10-16,19,23,25,30H,9,17-18,20-22,24,26H2,1-5H3. The molecule has 4 heterocycles. The Hall–Kier alpha value is -5.49. The highest BCUT2D eigenvalue weighted by atomic mass is 16.6. The Morgan fingerprint density at radius 3 is 2.49 bits per heavy atom. The number of pyridine rings is 2. The lowest BCUT2D eigenvalue weighted by Crippen LogP contribution is -2.44. The van der Waals surface area contributed by atoms with Gasteiger partial charge in [0.1, 0.15) is 28.4 Å². The van der Waals surface area contributed by atoms with Gasteiger partial charge in [0, 0.05) is 42.6 Å². The van der Waals surface area contributed by atoms with Crippen molar-refractivity contribution in [3.63, 3.8) is 0 Å². The van der Waals surface area contributed by atoms with Crippen molar-refractivity contribution >= 4 is 22.8 Å². The molecular formula is C41H45N5O7. The van der Waals surface area contributed by atoms with Crippen molar-refractivity contribution in [1.82, 2.24) is 24.2 Å². The summed E-state index contributed by atoms with van der Waals surface area (Å²) in [6.07, 6.45) is 6.48. The molecular weight excluding hydrogens is 674 g/mol. The second-order valence-corrected chi connectivity index (χ2v) is 14.8. The minimum atomic E-state index is -0.581. The van der Waals surface area contributed by atoms with E-state index in [1.807, 2.05) is 69.3 Å². The van der Waals surface area contributed by atoms with Crippen LogP contribution in [0.15, 0.2) is 83.9 Å². The Morgan fingerprint density at radius 2 is 1.79 bits per heavy atom. The van der Waals surface area contributed by atoms with Crippen LogP contribution in [-0.2, 0) is 22.9 Å². The molecule has 12 nitrogen and oxygen atoms in total. The number of ether oxygens (including phenoxy) is 4. The van der Waals surface area contributed by atoms with Gasteiger partial charge in [0.25, 0.3) is 5.56 Å². The number of hydrogen-bond acceptors (Lipinski definition) is 9. The zero-order chi connectivity index (χ0) is 37.3. The first-order valence-electron chi connectivity index (χ1n) is 18.0. The summed E-state index contributed by atoms with van der Waals surface area (Å²) in [7, 11) is 1.77. The molecule has 1 saturated carbocycles. The first-order chi connectivity index (χ1) is 25.4. The maximum absolute atomic E-state index is 13.3. The highest BCUT2D eigenvalue weighted by Crippen LogP contribution is 2.48. The fourth-order valence-electron chi connectivity index (χ4n) is 6.80. The Labute approximate surface area is 308 Å². The number of para-hydroxylation sites is 1. The van der Waals surface area contributed by atoms with Crippen molar-refractivity contribution in [2.24, 2.45) is 7.05 Å². The number of rotatable bonds is 12. The van der Waals surface area contributed by atoms with Gasteiger partial charge in [-0.2, -0.15) is 0 Å². The van der Waals surface area contributed by atoms with Crippen molar-refractivity contribution < 1.29 is 28.5 Å². The van der Waals surface area contributed by atoms with Gasteiger partial charge >= 0.3 is 6.09 Å². The van der Waals surface area contributed by atoms with Gasteiger partial charge in [0.15, 0.2) is 5.78 Å². The van der Waals surface area contributed by atoms with Crippen LogP contribution in [-0.4, -0.2) is 73.1 Å². The molecule has 5 aromatic rings. The van der Waals surface area contributed by atoms with E-state index in [4.69, 9.17) is 18.9 Å². The van der Waals surface area contributed by atoms with Crippen molar-refractivity contribution in [2.75, 3.05) is 19.8 Å². The number of nitrogens with zero attached hydrogens (tertiary/aromatic N) is 5. The molecule has 2 aromatic carbocycles. The molecule has 0 bridgehead atoms. The Balaban J connectivity index is 0.960. The summed E-state index contributed by atoms with van der Waals surface area (Å²) in [4.78, 5) is 50.5. The third kappa shape index (κ3) is 7.97. The van der Waals surface area contributed by atoms with E-state index in [-0.39, 0.29) is 41.1 Å². The predicted molar refractivity (Wildman–Crippen MR) is 199 cm³/mol. The van der Waals surface area contributed by atoms with Crippen molar-refractivity contribution in [3.8, 4) is 22.9 Å². The Morgan fingerprint density at radius 1 is 1.02 bits per heavy atom. The van der Waals surface area contributed by atoms with E-state index in [9.17, 15) is 14.4 Å². The van der Waals surface area contributed by atoms with Gasteiger partial charge in [-0.05, 0) is 95.8 Å². The number of amides is 1. The quantitative estimate of drug-likeness (QED) is 0.0992. The van der Waals surface area contributed by atoms with Crippen LogP contribution >= 0.6 is 0 Å². The summed E-state index contributed by atoms with van der Waals surface area (Å²) < 4.78 is 27.2. The van der Waals surface area contributed by atoms with Gasteiger partial charge in [0.05, 0.1) is 48.7 Å². The molecule has 1 aliphatic heterocycles. The summed E-state index contributed by atoms with van der Waals surface area (Å²) in [5.41, 5.74) is 1.67. The van der Waals surface area contributed by atoms with Gasteiger partial charge in [-0.25, -0.2) is 9.48 Å². The minimum Gasteiger partial charge on any atom is -0.493 e. The average molecular weight is 720 g/mol. The van der Waals surface area contributed by atoms with Crippen molar-refractivity contribution in [3.05, 3.63) is 106 Å². The Kier molecular flexibility index (Phi) is 9.82. The average Bonchev–Trinajstić information content (AvgIpc) is 3.69. The van der Waals surface area contributed by atoms with E-state index >= 15 is 0 Å². The molecule has 276 valence electrons. The molecule has 0 N–H and O–H groups in total. The minimum absolute atomic E-state index is 0.00277. The molecule has 1 atom stereocenters. The van der Waals surface area contributed by atoms with E-state index in [1.54, 1.807) is 54.1 Å².